The number of aromatic hydroxyl groups is 5. The van der Waals surface area contributed by atoms with E-state index in [4.69, 9.17) is 13.9 Å². The molecule has 0 spiro atoms. The van der Waals surface area contributed by atoms with Gasteiger partial charge in [0.1, 0.15) is 71.5 Å². The highest BCUT2D eigenvalue weighted by Gasteiger charge is 2.46. The summed E-state index contributed by atoms with van der Waals surface area (Å²) in [5.41, 5.74) is -2.85. The van der Waals surface area contributed by atoms with Crippen LogP contribution in [-0.4, -0.2) is 106 Å². The Balaban J connectivity index is 1.81. The van der Waals surface area contributed by atoms with E-state index in [0.717, 1.165) is 18.2 Å². The molecule has 15 heteroatoms. The van der Waals surface area contributed by atoms with Crippen LogP contribution in [0.4, 0.5) is 0 Å². The molecular weight excluding hydrogens is 540 g/mol. The van der Waals surface area contributed by atoms with Crippen molar-refractivity contribution in [2.45, 2.75) is 48.8 Å². The lowest BCUT2D eigenvalue weighted by Crippen LogP contribution is -2.49. The van der Waals surface area contributed by atoms with E-state index in [1.165, 1.54) is 0 Å². The molecule has 3 heterocycles. The molecule has 2 fully saturated rings. The number of aliphatic hydroxyl groups excluding tert-OH is 6. The fourth-order valence-corrected chi connectivity index (χ4v) is 4.95. The van der Waals surface area contributed by atoms with E-state index in [1.807, 2.05) is 0 Å². The Hall–Kier alpha value is -3.67. The van der Waals surface area contributed by atoms with Gasteiger partial charge in [0.25, 0.3) is 0 Å². The SMILES string of the molecule is O=c1cc(-c2cc(O)c(O)c(O)c2)oc2c([C@@H]3OC[C@H](O)[C@@H](O)[C@@H]3O)c(O)c([C@@H]3OC[C@H](O)[C@H](O)[C@H]3O)c(O)c12. The molecule has 15 nitrogen and oxygen atoms in total. The van der Waals surface area contributed by atoms with Gasteiger partial charge in [0, 0.05) is 11.6 Å². The van der Waals surface area contributed by atoms with Crippen molar-refractivity contribution in [3.05, 3.63) is 39.5 Å². The lowest BCUT2D eigenvalue weighted by atomic mass is 9.87. The maximum atomic E-state index is 13.3. The molecule has 216 valence electrons. The van der Waals surface area contributed by atoms with Crippen LogP contribution in [0, 0.1) is 0 Å². The molecule has 0 aliphatic carbocycles. The number of benzene rings is 2. The zero-order valence-electron chi connectivity index (χ0n) is 20.3. The second-order valence-electron chi connectivity index (χ2n) is 9.67. The lowest BCUT2D eigenvalue weighted by Gasteiger charge is -2.38. The fraction of sp³-hybridized carbons (Fsp3) is 0.400. The first-order chi connectivity index (χ1) is 18.8. The molecule has 1 aromatic heterocycles. The van der Waals surface area contributed by atoms with Gasteiger partial charge in [-0.05, 0) is 12.1 Å². The predicted molar refractivity (Wildman–Crippen MR) is 130 cm³/mol. The van der Waals surface area contributed by atoms with Gasteiger partial charge in [0.05, 0.1) is 24.3 Å². The average molecular weight is 566 g/mol. The minimum absolute atomic E-state index is 0.135. The molecule has 2 aromatic carbocycles. The summed E-state index contributed by atoms with van der Waals surface area (Å²) in [7, 11) is 0. The van der Waals surface area contributed by atoms with Gasteiger partial charge in [-0.1, -0.05) is 0 Å². The number of aliphatic hydroxyl groups is 6. The minimum atomic E-state index is -1.92. The van der Waals surface area contributed by atoms with Crippen molar-refractivity contribution in [2.75, 3.05) is 13.2 Å². The number of ether oxygens (including phenoxy) is 2. The minimum Gasteiger partial charge on any atom is -0.507 e. The molecule has 8 atom stereocenters. The standard InChI is InChI=1S/C25H26O15/c26-7-3-12(6-1-8(27)16(31)9(28)2-6)40-23-13(7)19(34)14(24-21(36)17(32)10(29)4-38-24)20(35)15(23)25-22(37)18(33)11(30)5-39-25/h1-3,10-11,17-18,21-22,24-25,27-37H,4-5H2/t10-,11-,17-,18+,21+,22-,24-,25-/m0/s1. The molecular formula is C25H26O15. The van der Waals surface area contributed by atoms with Crippen LogP contribution in [0.2, 0.25) is 0 Å². The first kappa shape index (κ1) is 27.9. The summed E-state index contributed by atoms with van der Waals surface area (Å²) in [6, 6.07) is 2.72. The van der Waals surface area contributed by atoms with Gasteiger partial charge < -0.3 is 70.1 Å². The number of phenols is 5. The molecule has 3 aromatic rings. The highest BCUT2D eigenvalue weighted by Crippen LogP contribution is 2.50. The Morgan fingerprint density at radius 3 is 1.65 bits per heavy atom. The summed E-state index contributed by atoms with van der Waals surface area (Å²) in [5.74, 6) is -4.64. The van der Waals surface area contributed by atoms with E-state index in [2.05, 4.69) is 0 Å². The molecule has 5 rings (SSSR count). The zero-order chi connectivity index (χ0) is 29.2. The highest BCUT2D eigenvalue weighted by atomic mass is 16.5. The number of hydrogen-bond acceptors (Lipinski definition) is 15. The third-order valence-corrected chi connectivity index (χ3v) is 7.12. The second kappa shape index (κ2) is 10.1. The van der Waals surface area contributed by atoms with Crippen LogP contribution < -0.4 is 5.43 Å². The van der Waals surface area contributed by atoms with E-state index in [1.54, 1.807) is 0 Å². The van der Waals surface area contributed by atoms with E-state index in [-0.39, 0.29) is 11.3 Å². The number of fused-ring (bicyclic) bond motifs is 1. The van der Waals surface area contributed by atoms with Crippen LogP contribution in [-0.2, 0) is 9.47 Å². The molecule has 2 aliphatic heterocycles. The van der Waals surface area contributed by atoms with Crippen LogP contribution in [0.5, 0.6) is 28.7 Å². The first-order valence-electron chi connectivity index (χ1n) is 12.0. The van der Waals surface area contributed by atoms with Crippen LogP contribution in [0.3, 0.4) is 0 Å². The van der Waals surface area contributed by atoms with E-state index < -0.39 is 118 Å². The summed E-state index contributed by atoms with van der Waals surface area (Å²) in [6.45, 7) is -1.08. The van der Waals surface area contributed by atoms with Crippen molar-refractivity contribution >= 4 is 11.0 Å². The molecule has 2 saturated heterocycles. The average Bonchev–Trinajstić information content (AvgIpc) is 2.90. The van der Waals surface area contributed by atoms with Gasteiger partial charge in [-0.2, -0.15) is 0 Å². The maximum absolute atomic E-state index is 13.3. The molecule has 11 N–H and O–H groups in total. The normalized spacial score (nSPS) is 30.9. The predicted octanol–water partition coefficient (Wildman–Crippen LogP) is -1.70. The molecule has 0 unspecified atom stereocenters. The zero-order valence-corrected chi connectivity index (χ0v) is 20.3. The Morgan fingerprint density at radius 2 is 1.12 bits per heavy atom. The monoisotopic (exact) mass is 566 g/mol. The molecule has 0 amide bonds. The molecule has 0 radical (unpaired) electrons. The molecule has 0 saturated carbocycles. The van der Waals surface area contributed by atoms with Crippen molar-refractivity contribution in [3.8, 4) is 40.1 Å². The summed E-state index contributed by atoms with van der Waals surface area (Å²) in [4.78, 5) is 13.3. The highest BCUT2D eigenvalue weighted by molar-refractivity contribution is 5.92. The molecule has 0 bridgehead atoms. The van der Waals surface area contributed by atoms with E-state index in [9.17, 15) is 61.0 Å². The Labute approximate surface area is 223 Å². The Morgan fingerprint density at radius 1 is 0.625 bits per heavy atom. The van der Waals surface area contributed by atoms with Crippen molar-refractivity contribution in [1.82, 2.24) is 0 Å². The van der Waals surface area contributed by atoms with Gasteiger partial charge in [-0.3, -0.25) is 4.79 Å². The summed E-state index contributed by atoms with van der Waals surface area (Å²) >= 11 is 0. The Kier molecular flexibility index (Phi) is 7.01. The fourth-order valence-electron chi connectivity index (χ4n) is 4.95. The topological polar surface area (TPSA) is 271 Å². The second-order valence-corrected chi connectivity index (χ2v) is 9.67. The van der Waals surface area contributed by atoms with Crippen molar-refractivity contribution in [2.24, 2.45) is 0 Å². The summed E-state index contributed by atoms with van der Waals surface area (Å²) < 4.78 is 16.6. The summed E-state index contributed by atoms with van der Waals surface area (Å²) in [6.07, 6.45) is -13.8. The first-order valence-corrected chi connectivity index (χ1v) is 12.0. The quantitative estimate of drug-likeness (QED) is 0.158. The number of hydrogen-bond donors (Lipinski definition) is 11. The third-order valence-electron chi connectivity index (χ3n) is 7.12. The Bertz CT molecular complexity index is 1490. The van der Waals surface area contributed by atoms with Gasteiger partial charge in [-0.25, -0.2) is 0 Å². The number of phenolic OH excluding ortho intramolecular Hbond substituents is 5. The summed E-state index contributed by atoms with van der Waals surface area (Å²) in [5, 5.41) is 113. The van der Waals surface area contributed by atoms with E-state index >= 15 is 0 Å². The molecule has 2 aliphatic rings. The number of rotatable bonds is 3. The van der Waals surface area contributed by atoms with Crippen molar-refractivity contribution in [1.29, 1.82) is 0 Å². The van der Waals surface area contributed by atoms with Gasteiger partial charge in [0.15, 0.2) is 28.3 Å². The lowest BCUT2D eigenvalue weighted by molar-refractivity contribution is -0.191. The van der Waals surface area contributed by atoms with Crippen molar-refractivity contribution < 1.29 is 70.1 Å². The van der Waals surface area contributed by atoms with Crippen LogP contribution in [0.1, 0.15) is 23.3 Å². The van der Waals surface area contributed by atoms with Crippen LogP contribution in [0.15, 0.2) is 27.4 Å². The van der Waals surface area contributed by atoms with E-state index in [0.29, 0.717) is 0 Å². The van der Waals surface area contributed by atoms with Crippen LogP contribution >= 0.6 is 0 Å². The third kappa shape index (κ3) is 4.29. The van der Waals surface area contributed by atoms with Gasteiger partial charge in [0.2, 0.25) is 0 Å². The molecule has 40 heavy (non-hydrogen) atoms. The smallest absolute Gasteiger partial charge is 0.200 e. The largest absolute Gasteiger partial charge is 0.507 e. The maximum Gasteiger partial charge on any atom is 0.200 e. The van der Waals surface area contributed by atoms with Crippen LogP contribution in [0.25, 0.3) is 22.3 Å². The van der Waals surface area contributed by atoms with Crippen molar-refractivity contribution in [3.63, 3.8) is 0 Å². The van der Waals surface area contributed by atoms with Gasteiger partial charge >= 0.3 is 0 Å². The van der Waals surface area contributed by atoms with Gasteiger partial charge in [-0.15, -0.1) is 0 Å².